The first-order chi connectivity index (χ1) is 14.2. The van der Waals surface area contributed by atoms with Crippen LogP contribution in [0.1, 0.15) is 16.0 Å². The number of aromatic nitrogens is 5. The Morgan fingerprint density at radius 3 is 2.90 bits per heavy atom. The Labute approximate surface area is 173 Å². The minimum atomic E-state index is 0.546. The quantitative estimate of drug-likeness (QED) is 0.525. The highest BCUT2D eigenvalue weighted by atomic mass is 32.1. The minimum absolute atomic E-state index is 0.546. The molecule has 0 saturated heterocycles. The van der Waals surface area contributed by atoms with Crippen molar-refractivity contribution in [2.45, 2.75) is 19.5 Å². The molecule has 0 spiro atoms. The van der Waals surface area contributed by atoms with Crippen LogP contribution in [-0.4, -0.2) is 68.6 Å². The van der Waals surface area contributed by atoms with E-state index in [0.717, 1.165) is 49.8 Å². The maximum Gasteiger partial charge on any atom is 0.276 e. The zero-order valence-electron chi connectivity index (χ0n) is 16.7. The van der Waals surface area contributed by atoms with E-state index < -0.39 is 0 Å². The van der Waals surface area contributed by atoms with E-state index in [9.17, 15) is 0 Å². The largest absolute Gasteiger partial charge is 0.368 e. The molecule has 1 aromatic carbocycles. The number of likely N-dealkylation sites (N-methyl/N-ethyl adjacent to an activating group) is 1. The van der Waals surface area contributed by atoms with Crippen LogP contribution in [0.4, 0.5) is 5.82 Å². The van der Waals surface area contributed by atoms with E-state index in [1.165, 1.54) is 21.4 Å². The Kier molecular flexibility index (Phi) is 4.86. The van der Waals surface area contributed by atoms with Gasteiger partial charge < -0.3 is 10.2 Å². The summed E-state index contributed by atoms with van der Waals surface area (Å²) in [5.41, 5.74) is 2.75. The summed E-state index contributed by atoms with van der Waals surface area (Å²) in [6.45, 7) is 4.73. The number of nitrogens with zero attached hydrogens (tertiary/aromatic N) is 7. The van der Waals surface area contributed by atoms with Gasteiger partial charge in [-0.05, 0) is 42.1 Å². The van der Waals surface area contributed by atoms with Gasteiger partial charge in [-0.3, -0.25) is 4.90 Å². The van der Waals surface area contributed by atoms with Gasteiger partial charge in [0.1, 0.15) is 10.6 Å². The van der Waals surface area contributed by atoms with Crippen molar-refractivity contribution in [3.63, 3.8) is 0 Å². The molecule has 8 nitrogen and oxygen atoms in total. The Morgan fingerprint density at radius 2 is 2.07 bits per heavy atom. The first-order valence-corrected chi connectivity index (χ1v) is 10.7. The van der Waals surface area contributed by atoms with Crippen molar-refractivity contribution < 1.29 is 0 Å². The predicted octanol–water partition coefficient (Wildman–Crippen LogP) is 2.27. The first kappa shape index (κ1) is 18.4. The highest BCUT2D eigenvalue weighted by molar-refractivity contribution is 7.19. The van der Waals surface area contributed by atoms with E-state index in [4.69, 9.17) is 4.98 Å². The van der Waals surface area contributed by atoms with Crippen molar-refractivity contribution >= 4 is 33.1 Å². The molecular formula is C20H24N8S. The molecule has 5 rings (SSSR count). The molecule has 4 aromatic rings. The van der Waals surface area contributed by atoms with Gasteiger partial charge in [-0.2, -0.15) is 9.50 Å². The molecule has 29 heavy (non-hydrogen) atoms. The average Bonchev–Trinajstić information content (AvgIpc) is 3.32. The molecule has 150 valence electrons. The predicted molar refractivity (Wildman–Crippen MR) is 115 cm³/mol. The molecular weight excluding hydrogens is 384 g/mol. The van der Waals surface area contributed by atoms with Crippen molar-refractivity contribution in [3.05, 3.63) is 46.3 Å². The highest BCUT2D eigenvalue weighted by Gasteiger charge is 2.25. The Hall–Kier alpha value is -2.62. The van der Waals surface area contributed by atoms with E-state index >= 15 is 0 Å². The topological polar surface area (TPSA) is 74.5 Å². The summed E-state index contributed by atoms with van der Waals surface area (Å²) in [5, 5.41) is 16.8. The molecule has 0 radical (unpaired) electrons. The van der Waals surface area contributed by atoms with Crippen molar-refractivity contribution in [1.29, 1.82) is 0 Å². The second-order valence-electron chi connectivity index (χ2n) is 7.71. The molecule has 0 aliphatic carbocycles. The normalized spacial score (nSPS) is 14.7. The third-order valence-electron chi connectivity index (χ3n) is 5.31. The number of hydrogen-bond donors (Lipinski definition) is 1. The van der Waals surface area contributed by atoms with Gasteiger partial charge in [-0.1, -0.05) is 35.4 Å². The summed E-state index contributed by atoms with van der Waals surface area (Å²) in [6, 6.07) is 10.7. The lowest BCUT2D eigenvalue weighted by molar-refractivity contribution is 0.249. The molecule has 9 heteroatoms. The fraction of sp³-hybridized carbons (Fsp3) is 0.400. The molecule has 4 heterocycles. The Bertz CT molecular complexity index is 1130. The lowest BCUT2D eigenvalue weighted by Crippen LogP contribution is -2.29. The summed E-state index contributed by atoms with van der Waals surface area (Å²) in [4.78, 5) is 11.9. The van der Waals surface area contributed by atoms with Crippen molar-refractivity contribution in [3.8, 4) is 0 Å². The second-order valence-corrected chi connectivity index (χ2v) is 8.79. The molecule has 3 aromatic heterocycles. The number of rotatable bonds is 6. The van der Waals surface area contributed by atoms with Gasteiger partial charge in [-0.15, -0.1) is 11.3 Å². The zero-order chi connectivity index (χ0) is 19.8. The first-order valence-electron chi connectivity index (χ1n) is 9.86. The fourth-order valence-electron chi connectivity index (χ4n) is 3.88. The fourth-order valence-corrected chi connectivity index (χ4v) is 5.21. The summed E-state index contributed by atoms with van der Waals surface area (Å²) < 4.78 is 1.77. The van der Waals surface area contributed by atoms with Gasteiger partial charge in [0.05, 0.1) is 5.39 Å². The number of thiophene rings is 1. The molecule has 0 atom stereocenters. The molecule has 1 N–H and O–H groups in total. The van der Waals surface area contributed by atoms with Crippen molar-refractivity contribution in [2.75, 3.05) is 39.0 Å². The molecule has 1 aliphatic heterocycles. The van der Waals surface area contributed by atoms with Gasteiger partial charge in [0, 0.05) is 37.6 Å². The molecule has 0 fully saturated rings. The van der Waals surface area contributed by atoms with Crippen LogP contribution in [0.2, 0.25) is 0 Å². The van der Waals surface area contributed by atoms with Crippen LogP contribution in [0.15, 0.2) is 30.3 Å². The summed E-state index contributed by atoms with van der Waals surface area (Å²) >= 11 is 1.79. The third kappa shape index (κ3) is 3.57. The average molecular weight is 409 g/mol. The molecule has 0 amide bonds. The van der Waals surface area contributed by atoms with Gasteiger partial charge in [0.25, 0.3) is 5.78 Å². The third-order valence-corrected chi connectivity index (χ3v) is 6.50. The highest BCUT2D eigenvalue weighted by Crippen LogP contribution is 2.38. The van der Waals surface area contributed by atoms with E-state index in [-0.39, 0.29) is 0 Å². The number of anilines is 1. The second kappa shape index (κ2) is 7.66. The Morgan fingerprint density at radius 1 is 1.21 bits per heavy atom. The van der Waals surface area contributed by atoms with E-state index in [2.05, 4.69) is 75.1 Å². The van der Waals surface area contributed by atoms with Crippen LogP contribution in [-0.2, 0) is 19.5 Å². The lowest BCUT2D eigenvalue weighted by Gasteiger charge is -2.27. The summed E-state index contributed by atoms with van der Waals surface area (Å²) in [5.74, 6) is 1.45. The number of tetrazole rings is 1. The van der Waals surface area contributed by atoms with Crippen LogP contribution < -0.4 is 5.32 Å². The molecule has 0 bridgehead atoms. The Balaban J connectivity index is 1.49. The van der Waals surface area contributed by atoms with Crippen LogP contribution >= 0.6 is 11.3 Å². The van der Waals surface area contributed by atoms with Crippen LogP contribution in [0.3, 0.4) is 0 Å². The smallest absolute Gasteiger partial charge is 0.276 e. The zero-order valence-corrected chi connectivity index (χ0v) is 17.5. The molecule has 1 aliphatic rings. The monoisotopic (exact) mass is 408 g/mol. The van der Waals surface area contributed by atoms with Crippen LogP contribution in [0.5, 0.6) is 0 Å². The summed E-state index contributed by atoms with van der Waals surface area (Å²) in [7, 11) is 4.15. The molecule has 0 saturated carbocycles. The SMILES string of the molecule is CN(C)CCNc1nc2nnnn2c2sc3c(c12)CCN(Cc1ccccc1)C3. The van der Waals surface area contributed by atoms with Crippen molar-refractivity contribution in [2.24, 2.45) is 0 Å². The lowest BCUT2D eigenvalue weighted by atomic mass is 10.0. The van der Waals surface area contributed by atoms with E-state index in [1.807, 2.05) is 0 Å². The number of nitrogens with one attached hydrogen (secondary N) is 1. The minimum Gasteiger partial charge on any atom is -0.368 e. The summed E-state index contributed by atoms with van der Waals surface area (Å²) in [6.07, 6.45) is 1.01. The maximum atomic E-state index is 4.72. The van der Waals surface area contributed by atoms with Crippen LogP contribution in [0, 0.1) is 0 Å². The van der Waals surface area contributed by atoms with Gasteiger partial charge in [0.2, 0.25) is 0 Å². The maximum absolute atomic E-state index is 4.72. The van der Waals surface area contributed by atoms with Crippen molar-refractivity contribution in [1.82, 2.24) is 34.8 Å². The number of benzene rings is 1. The van der Waals surface area contributed by atoms with E-state index in [0.29, 0.717) is 5.78 Å². The number of fused-ring (bicyclic) bond motifs is 5. The van der Waals surface area contributed by atoms with Gasteiger partial charge in [0.15, 0.2) is 0 Å². The van der Waals surface area contributed by atoms with E-state index in [1.54, 1.807) is 15.9 Å². The number of hydrogen-bond acceptors (Lipinski definition) is 8. The van der Waals surface area contributed by atoms with Gasteiger partial charge in [-0.25, -0.2) is 0 Å². The molecule has 0 unspecified atom stereocenters. The van der Waals surface area contributed by atoms with Gasteiger partial charge >= 0.3 is 0 Å². The van der Waals surface area contributed by atoms with Crippen LogP contribution in [0.25, 0.3) is 16.0 Å². The standard InChI is InChI=1S/C20H24N8S/c1-26(2)11-9-21-18-17-15-8-10-27(12-14-6-4-3-5-7-14)13-16(15)29-19(17)28-20(22-18)23-24-25-28/h3-7H,8-13H2,1-2H3,(H,21,22,23,25).